The predicted molar refractivity (Wildman–Crippen MR) is 106 cm³/mol. The SMILES string of the molecule is CCNC1=CC(CCOC(C)=O)=CC(C)(Nc2ccc(C=NN)cc2)C1. The minimum Gasteiger partial charge on any atom is -0.466 e. The fourth-order valence-corrected chi connectivity index (χ4v) is 3.12. The first kappa shape index (κ1) is 19.6. The molecule has 2 rings (SSSR count). The monoisotopic (exact) mass is 356 g/mol. The summed E-state index contributed by atoms with van der Waals surface area (Å²) in [5.74, 6) is 4.94. The fraction of sp³-hybridized carbons (Fsp3) is 0.400. The number of esters is 1. The first-order valence-electron chi connectivity index (χ1n) is 8.85. The van der Waals surface area contributed by atoms with Gasteiger partial charge >= 0.3 is 5.97 Å². The quantitative estimate of drug-likeness (QED) is 0.288. The third-order valence-electron chi connectivity index (χ3n) is 4.09. The highest BCUT2D eigenvalue weighted by Gasteiger charge is 2.27. The predicted octanol–water partition coefficient (Wildman–Crippen LogP) is 2.93. The average molecular weight is 356 g/mol. The number of carbonyl (C=O) groups excluding carboxylic acids is 1. The van der Waals surface area contributed by atoms with Crippen molar-refractivity contribution in [3.8, 4) is 0 Å². The number of hydrogen-bond acceptors (Lipinski definition) is 6. The molecule has 0 bridgehead atoms. The number of anilines is 1. The standard InChI is InChI=1S/C20H28N4O2/c1-4-22-19-11-17(9-10-26-15(2)25)12-20(3,13-19)24-18-7-5-16(6-8-18)14-23-21/h5-8,11-12,14,22,24H,4,9-10,13,21H2,1-3H3. The molecule has 0 amide bonds. The summed E-state index contributed by atoms with van der Waals surface area (Å²) in [6, 6.07) is 7.97. The van der Waals surface area contributed by atoms with E-state index in [1.165, 1.54) is 12.6 Å². The van der Waals surface area contributed by atoms with Gasteiger partial charge in [-0.3, -0.25) is 4.79 Å². The van der Waals surface area contributed by atoms with Gasteiger partial charge in [-0.25, -0.2) is 0 Å². The van der Waals surface area contributed by atoms with Gasteiger partial charge in [-0.1, -0.05) is 18.2 Å². The Labute approximate surface area is 155 Å². The second-order valence-electron chi connectivity index (χ2n) is 6.63. The van der Waals surface area contributed by atoms with Crippen LogP contribution in [0, 0.1) is 0 Å². The summed E-state index contributed by atoms with van der Waals surface area (Å²) in [6.45, 7) is 6.94. The van der Waals surface area contributed by atoms with Crippen LogP contribution in [0.3, 0.4) is 0 Å². The lowest BCUT2D eigenvalue weighted by molar-refractivity contribution is -0.140. The topological polar surface area (TPSA) is 88.7 Å². The Morgan fingerprint density at radius 1 is 1.38 bits per heavy atom. The van der Waals surface area contributed by atoms with E-state index < -0.39 is 0 Å². The summed E-state index contributed by atoms with van der Waals surface area (Å²) in [7, 11) is 0. The molecule has 1 aromatic rings. The van der Waals surface area contributed by atoms with Crippen molar-refractivity contribution < 1.29 is 9.53 Å². The summed E-state index contributed by atoms with van der Waals surface area (Å²) in [4.78, 5) is 11.0. The molecule has 6 nitrogen and oxygen atoms in total. The normalized spacial score (nSPS) is 19.7. The molecular formula is C20H28N4O2. The van der Waals surface area contributed by atoms with E-state index in [9.17, 15) is 4.79 Å². The van der Waals surface area contributed by atoms with Gasteiger partial charge in [0.15, 0.2) is 0 Å². The van der Waals surface area contributed by atoms with Crippen LogP contribution in [-0.2, 0) is 9.53 Å². The minimum absolute atomic E-state index is 0.235. The van der Waals surface area contributed by atoms with Gasteiger partial charge in [0, 0.05) is 37.7 Å². The molecule has 0 fully saturated rings. The third-order valence-corrected chi connectivity index (χ3v) is 4.09. The van der Waals surface area contributed by atoms with Crippen LogP contribution in [0.4, 0.5) is 5.69 Å². The Balaban J connectivity index is 2.14. The number of benzene rings is 1. The van der Waals surface area contributed by atoms with Gasteiger partial charge < -0.3 is 21.2 Å². The van der Waals surface area contributed by atoms with Gasteiger partial charge in [-0.2, -0.15) is 5.10 Å². The van der Waals surface area contributed by atoms with Crippen LogP contribution in [0.2, 0.25) is 0 Å². The largest absolute Gasteiger partial charge is 0.466 e. The van der Waals surface area contributed by atoms with Gasteiger partial charge in [0.2, 0.25) is 0 Å². The second kappa shape index (κ2) is 9.08. The van der Waals surface area contributed by atoms with Crippen molar-refractivity contribution >= 4 is 17.9 Å². The van der Waals surface area contributed by atoms with Crippen LogP contribution in [0.25, 0.3) is 0 Å². The van der Waals surface area contributed by atoms with E-state index in [0.29, 0.717) is 13.0 Å². The molecule has 0 radical (unpaired) electrons. The summed E-state index contributed by atoms with van der Waals surface area (Å²) in [5, 5.41) is 10.6. The first-order chi connectivity index (χ1) is 12.4. The summed E-state index contributed by atoms with van der Waals surface area (Å²) in [5.41, 5.74) is 4.07. The Kier molecular flexibility index (Phi) is 6.83. The smallest absolute Gasteiger partial charge is 0.302 e. The van der Waals surface area contributed by atoms with Crippen LogP contribution in [-0.4, -0.2) is 30.9 Å². The molecule has 26 heavy (non-hydrogen) atoms. The highest BCUT2D eigenvalue weighted by Crippen LogP contribution is 2.30. The summed E-state index contributed by atoms with van der Waals surface area (Å²) in [6.07, 6.45) is 7.52. The van der Waals surface area contributed by atoms with Crippen molar-refractivity contribution in [2.24, 2.45) is 10.9 Å². The zero-order valence-electron chi connectivity index (χ0n) is 15.7. The molecular weight excluding hydrogens is 328 g/mol. The van der Waals surface area contributed by atoms with Crippen LogP contribution in [0.15, 0.2) is 52.8 Å². The average Bonchev–Trinajstić information content (AvgIpc) is 2.56. The van der Waals surface area contributed by atoms with Gasteiger partial charge in [0.1, 0.15) is 0 Å². The van der Waals surface area contributed by atoms with Crippen molar-refractivity contribution in [1.29, 1.82) is 0 Å². The molecule has 0 heterocycles. The molecule has 1 unspecified atom stereocenters. The lowest BCUT2D eigenvalue weighted by atomic mass is 9.86. The Hall–Kier alpha value is -2.76. The number of hydrogen-bond donors (Lipinski definition) is 3. The maximum Gasteiger partial charge on any atom is 0.302 e. The number of rotatable bonds is 8. The molecule has 1 aliphatic rings. The number of nitrogens with one attached hydrogen (secondary N) is 2. The molecule has 1 aliphatic carbocycles. The molecule has 6 heteroatoms. The molecule has 0 aliphatic heterocycles. The van der Waals surface area contributed by atoms with Gasteiger partial charge in [-0.15, -0.1) is 0 Å². The highest BCUT2D eigenvalue weighted by atomic mass is 16.5. The van der Waals surface area contributed by atoms with Crippen molar-refractivity contribution in [2.45, 2.75) is 39.2 Å². The Morgan fingerprint density at radius 2 is 2.12 bits per heavy atom. The van der Waals surface area contributed by atoms with E-state index in [4.69, 9.17) is 10.6 Å². The van der Waals surface area contributed by atoms with E-state index in [1.807, 2.05) is 24.3 Å². The van der Waals surface area contributed by atoms with Crippen molar-refractivity contribution in [2.75, 3.05) is 18.5 Å². The van der Waals surface area contributed by atoms with E-state index in [1.54, 1.807) is 6.21 Å². The number of carbonyl (C=O) groups is 1. The maximum absolute atomic E-state index is 11.0. The summed E-state index contributed by atoms with van der Waals surface area (Å²) >= 11 is 0. The second-order valence-corrected chi connectivity index (χ2v) is 6.63. The molecule has 0 spiro atoms. The van der Waals surface area contributed by atoms with Gasteiger partial charge in [0.25, 0.3) is 0 Å². The van der Waals surface area contributed by atoms with Gasteiger partial charge in [-0.05, 0) is 43.2 Å². The minimum atomic E-state index is -0.251. The van der Waals surface area contributed by atoms with E-state index in [-0.39, 0.29) is 11.5 Å². The number of hydrazone groups is 1. The third kappa shape index (κ3) is 5.95. The summed E-state index contributed by atoms with van der Waals surface area (Å²) < 4.78 is 5.09. The van der Waals surface area contributed by atoms with E-state index in [2.05, 4.69) is 41.7 Å². The maximum atomic E-state index is 11.0. The van der Waals surface area contributed by atoms with Crippen LogP contribution in [0.1, 0.15) is 39.2 Å². The first-order valence-corrected chi connectivity index (χ1v) is 8.85. The fourth-order valence-electron chi connectivity index (χ4n) is 3.12. The Bertz CT molecular complexity index is 707. The zero-order valence-corrected chi connectivity index (χ0v) is 15.7. The van der Waals surface area contributed by atoms with E-state index in [0.717, 1.165) is 29.8 Å². The molecule has 140 valence electrons. The number of nitrogens with two attached hydrogens (primary N) is 1. The number of ether oxygens (including phenoxy) is 1. The molecule has 0 aromatic heterocycles. The van der Waals surface area contributed by atoms with Crippen LogP contribution < -0.4 is 16.5 Å². The lowest BCUT2D eigenvalue weighted by Crippen LogP contribution is -2.37. The highest BCUT2D eigenvalue weighted by molar-refractivity contribution is 5.80. The van der Waals surface area contributed by atoms with Crippen molar-refractivity contribution in [3.05, 3.63) is 53.3 Å². The van der Waals surface area contributed by atoms with Crippen molar-refractivity contribution in [1.82, 2.24) is 5.32 Å². The van der Waals surface area contributed by atoms with Crippen molar-refractivity contribution in [3.63, 3.8) is 0 Å². The van der Waals surface area contributed by atoms with Crippen LogP contribution in [0.5, 0.6) is 0 Å². The molecule has 0 saturated carbocycles. The van der Waals surface area contributed by atoms with Crippen LogP contribution >= 0.6 is 0 Å². The molecule has 1 aromatic carbocycles. The zero-order chi connectivity index (χ0) is 19.0. The molecule has 1 atom stereocenters. The number of allylic oxidation sites excluding steroid dienone is 1. The lowest BCUT2D eigenvalue weighted by Gasteiger charge is -2.34. The number of nitrogens with zero attached hydrogens (tertiary/aromatic N) is 1. The molecule has 4 N–H and O–H groups in total. The van der Waals surface area contributed by atoms with E-state index >= 15 is 0 Å². The van der Waals surface area contributed by atoms with Gasteiger partial charge in [0.05, 0.1) is 18.4 Å². The Morgan fingerprint density at radius 3 is 2.73 bits per heavy atom. The molecule has 0 saturated heterocycles.